The molecule has 0 aromatic carbocycles. The van der Waals surface area contributed by atoms with Crippen molar-refractivity contribution < 1.29 is 4.74 Å². The number of rotatable bonds is 1. The quantitative estimate of drug-likeness (QED) is 0.654. The SMILES string of the molecule is CN1CCN(C2=COC(C)(C)CC2)CC1. The second-order valence-electron chi connectivity index (χ2n) is 5.28. The molecule has 0 aromatic rings. The van der Waals surface area contributed by atoms with Gasteiger partial charge in [0, 0.05) is 31.9 Å². The predicted octanol–water partition coefficient (Wildman–Crippen LogP) is 1.66. The first kappa shape index (κ1) is 10.8. The molecule has 2 aliphatic rings. The van der Waals surface area contributed by atoms with Crippen LogP contribution in [0.5, 0.6) is 0 Å². The number of hydrogen-bond acceptors (Lipinski definition) is 3. The van der Waals surface area contributed by atoms with Crippen molar-refractivity contribution in [3.63, 3.8) is 0 Å². The van der Waals surface area contributed by atoms with E-state index >= 15 is 0 Å². The Morgan fingerprint density at radius 3 is 2.40 bits per heavy atom. The van der Waals surface area contributed by atoms with Gasteiger partial charge in [0.05, 0.1) is 0 Å². The molecule has 2 aliphatic heterocycles. The van der Waals surface area contributed by atoms with E-state index in [1.807, 2.05) is 6.26 Å². The van der Waals surface area contributed by atoms with Crippen molar-refractivity contribution in [2.45, 2.75) is 32.3 Å². The summed E-state index contributed by atoms with van der Waals surface area (Å²) >= 11 is 0. The van der Waals surface area contributed by atoms with Crippen molar-refractivity contribution in [1.29, 1.82) is 0 Å². The number of allylic oxidation sites excluding steroid dienone is 1. The number of hydrogen-bond donors (Lipinski definition) is 0. The van der Waals surface area contributed by atoms with Crippen LogP contribution in [0, 0.1) is 0 Å². The highest BCUT2D eigenvalue weighted by Crippen LogP contribution is 2.28. The maximum absolute atomic E-state index is 5.74. The molecule has 0 N–H and O–H groups in total. The zero-order valence-electron chi connectivity index (χ0n) is 10.1. The van der Waals surface area contributed by atoms with Gasteiger partial charge in [-0.25, -0.2) is 0 Å². The Bertz CT molecular complexity index is 252. The molecule has 0 aliphatic carbocycles. The normalized spacial score (nSPS) is 27.1. The van der Waals surface area contributed by atoms with Crippen molar-refractivity contribution in [2.75, 3.05) is 33.2 Å². The Morgan fingerprint density at radius 1 is 1.20 bits per heavy atom. The molecule has 3 heteroatoms. The summed E-state index contributed by atoms with van der Waals surface area (Å²) in [5, 5.41) is 0. The van der Waals surface area contributed by atoms with Crippen LogP contribution in [-0.2, 0) is 4.74 Å². The minimum Gasteiger partial charge on any atom is -0.494 e. The fraction of sp³-hybridized carbons (Fsp3) is 0.833. The predicted molar refractivity (Wildman–Crippen MR) is 61.6 cm³/mol. The van der Waals surface area contributed by atoms with E-state index < -0.39 is 0 Å². The zero-order chi connectivity index (χ0) is 10.9. The summed E-state index contributed by atoms with van der Waals surface area (Å²) in [6, 6.07) is 0. The molecule has 0 bridgehead atoms. The third-order valence-corrected chi connectivity index (χ3v) is 3.41. The topological polar surface area (TPSA) is 15.7 Å². The van der Waals surface area contributed by atoms with Gasteiger partial charge in [0.15, 0.2) is 0 Å². The van der Waals surface area contributed by atoms with Crippen molar-refractivity contribution in [3.8, 4) is 0 Å². The number of piperazine rings is 1. The highest BCUT2D eigenvalue weighted by Gasteiger charge is 2.26. The minimum absolute atomic E-state index is 0.0378. The molecule has 0 radical (unpaired) electrons. The lowest BCUT2D eigenvalue weighted by molar-refractivity contribution is 0.0240. The fourth-order valence-corrected chi connectivity index (χ4v) is 2.10. The molecule has 0 unspecified atom stereocenters. The van der Waals surface area contributed by atoms with Gasteiger partial charge in [-0.1, -0.05) is 0 Å². The van der Waals surface area contributed by atoms with E-state index in [0.29, 0.717) is 0 Å². The zero-order valence-corrected chi connectivity index (χ0v) is 10.1. The van der Waals surface area contributed by atoms with Gasteiger partial charge < -0.3 is 14.5 Å². The lowest BCUT2D eigenvalue weighted by atomic mass is 9.98. The highest BCUT2D eigenvalue weighted by molar-refractivity contribution is 5.04. The number of nitrogens with zero attached hydrogens (tertiary/aromatic N) is 2. The van der Waals surface area contributed by atoms with Crippen molar-refractivity contribution in [1.82, 2.24) is 9.80 Å². The van der Waals surface area contributed by atoms with Crippen LogP contribution >= 0.6 is 0 Å². The van der Waals surface area contributed by atoms with Crippen LogP contribution in [-0.4, -0.2) is 48.6 Å². The second-order valence-corrected chi connectivity index (χ2v) is 5.28. The number of ether oxygens (including phenoxy) is 1. The summed E-state index contributed by atoms with van der Waals surface area (Å²) in [5.74, 6) is 0. The molecule has 0 saturated carbocycles. The summed E-state index contributed by atoms with van der Waals surface area (Å²) in [4.78, 5) is 4.85. The number of likely N-dealkylation sites (N-methyl/N-ethyl adjacent to an activating group) is 1. The van der Waals surface area contributed by atoms with Gasteiger partial charge in [-0.05, 0) is 33.7 Å². The Labute approximate surface area is 92.7 Å². The van der Waals surface area contributed by atoms with Crippen LogP contribution < -0.4 is 0 Å². The van der Waals surface area contributed by atoms with Gasteiger partial charge in [0.1, 0.15) is 11.9 Å². The molecule has 2 rings (SSSR count). The van der Waals surface area contributed by atoms with E-state index in [2.05, 4.69) is 30.7 Å². The Morgan fingerprint density at radius 2 is 1.87 bits per heavy atom. The smallest absolute Gasteiger partial charge is 0.103 e. The lowest BCUT2D eigenvalue weighted by Gasteiger charge is -2.39. The fourth-order valence-electron chi connectivity index (χ4n) is 2.10. The van der Waals surface area contributed by atoms with E-state index in [0.717, 1.165) is 25.9 Å². The Balaban J connectivity index is 1.92. The average molecular weight is 210 g/mol. The van der Waals surface area contributed by atoms with Gasteiger partial charge in [0.2, 0.25) is 0 Å². The van der Waals surface area contributed by atoms with E-state index in [9.17, 15) is 0 Å². The summed E-state index contributed by atoms with van der Waals surface area (Å²) in [6.07, 6.45) is 4.27. The van der Waals surface area contributed by atoms with Gasteiger partial charge in [-0.2, -0.15) is 0 Å². The Hall–Kier alpha value is -0.700. The van der Waals surface area contributed by atoms with Crippen LogP contribution in [0.1, 0.15) is 26.7 Å². The monoisotopic (exact) mass is 210 g/mol. The van der Waals surface area contributed by atoms with Crippen LogP contribution in [0.3, 0.4) is 0 Å². The first-order chi connectivity index (χ1) is 7.07. The van der Waals surface area contributed by atoms with Gasteiger partial charge >= 0.3 is 0 Å². The molecule has 0 amide bonds. The summed E-state index contributed by atoms with van der Waals surface area (Å²) in [6.45, 7) is 8.94. The molecule has 1 fully saturated rings. The molecule has 0 spiro atoms. The first-order valence-corrected chi connectivity index (χ1v) is 5.87. The van der Waals surface area contributed by atoms with Gasteiger partial charge in [-0.15, -0.1) is 0 Å². The molecule has 0 aromatic heterocycles. The molecule has 1 saturated heterocycles. The van der Waals surface area contributed by atoms with Gasteiger partial charge in [0.25, 0.3) is 0 Å². The molecule has 3 nitrogen and oxygen atoms in total. The Kier molecular flexibility index (Phi) is 2.91. The molecule has 0 atom stereocenters. The maximum atomic E-state index is 5.74. The molecular weight excluding hydrogens is 188 g/mol. The average Bonchev–Trinajstić information content (AvgIpc) is 2.20. The molecule has 86 valence electrons. The maximum Gasteiger partial charge on any atom is 0.103 e. The van der Waals surface area contributed by atoms with Crippen molar-refractivity contribution in [3.05, 3.63) is 12.0 Å². The van der Waals surface area contributed by atoms with E-state index in [-0.39, 0.29) is 5.60 Å². The van der Waals surface area contributed by atoms with Crippen LogP contribution in [0.15, 0.2) is 12.0 Å². The minimum atomic E-state index is 0.0378. The van der Waals surface area contributed by atoms with Gasteiger partial charge in [-0.3, -0.25) is 0 Å². The third kappa shape index (κ3) is 2.65. The van der Waals surface area contributed by atoms with Crippen LogP contribution in [0.2, 0.25) is 0 Å². The summed E-state index contributed by atoms with van der Waals surface area (Å²) < 4.78 is 5.74. The summed E-state index contributed by atoms with van der Waals surface area (Å²) in [5.41, 5.74) is 1.43. The van der Waals surface area contributed by atoms with Crippen molar-refractivity contribution in [2.24, 2.45) is 0 Å². The lowest BCUT2D eigenvalue weighted by Crippen LogP contribution is -2.44. The second kappa shape index (κ2) is 4.05. The standard InChI is InChI=1S/C12H22N2O/c1-12(2)5-4-11(10-15-12)14-8-6-13(3)7-9-14/h10H,4-9H2,1-3H3. The molecular formula is C12H22N2O. The van der Waals surface area contributed by atoms with Crippen LogP contribution in [0.4, 0.5) is 0 Å². The largest absolute Gasteiger partial charge is 0.494 e. The molecule has 2 heterocycles. The highest BCUT2D eigenvalue weighted by atomic mass is 16.5. The first-order valence-electron chi connectivity index (χ1n) is 5.87. The summed E-state index contributed by atoms with van der Waals surface area (Å²) in [7, 11) is 2.19. The molecule has 15 heavy (non-hydrogen) atoms. The van der Waals surface area contributed by atoms with Crippen LogP contribution in [0.25, 0.3) is 0 Å². The third-order valence-electron chi connectivity index (χ3n) is 3.41. The van der Waals surface area contributed by atoms with E-state index in [1.54, 1.807) is 0 Å². The van der Waals surface area contributed by atoms with E-state index in [4.69, 9.17) is 4.74 Å². The van der Waals surface area contributed by atoms with Crippen molar-refractivity contribution >= 4 is 0 Å². The van der Waals surface area contributed by atoms with E-state index in [1.165, 1.54) is 18.8 Å².